The molecule has 0 radical (unpaired) electrons. The number of anilines is 1. The zero-order valence-electron chi connectivity index (χ0n) is 19.1. The fourth-order valence-corrected chi connectivity index (χ4v) is 5.10. The molecule has 0 fully saturated rings. The van der Waals surface area contributed by atoms with Crippen LogP contribution in [0, 0.1) is 0 Å². The van der Waals surface area contributed by atoms with Gasteiger partial charge in [0.15, 0.2) is 0 Å². The Bertz CT molecular complexity index is 1300. The number of sulfonamides is 1. The summed E-state index contributed by atoms with van der Waals surface area (Å²) in [4.78, 5) is 12.3. The van der Waals surface area contributed by atoms with Gasteiger partial charge in [0, 0.05) is 24.0 Å². The summed E-state index contributed by atoms with van der Waals surface area (Å²) >= 11 is 0. The van der Waals surface area contributed by atoms with Crippen LogP contribution in [-0.2, 0) is 20.1 Å². The average molecular weight is 516 g/mol. The highest BCUT2D eigenvalue weighted by Crippen LogP contribution is 2.31. The van der Waals surface area contributed by atoms with Crippen molar-refractivity contribution in [1.82, 2.24) is 4.31 Å². The standard InChI is InChI=1S/C20H26N4O8S2/c1-5-21-24(18-10-8-15(34(29,30)31)12-16(18)20(25)26)22-17-13-14(9-11-19(17)32-4)33(27,28)23(6-2)7-3/h8-13H,5-7H2,1-4H3,(H2-,21,22,25,26,29,30,31)/p+1. The third-order valence-corrected chi connectivity index (χ3v) is 7.64. The molecule has 12 nitrogen and oxygen atoms in total. The first-order valence-electron chi connectivity index (χ1n) is 10.2. The summed E-state index contributed by atoms with van der Waals surface area (Å²) in [5.74, 6) is -1.22. The van der Waals surface area contributed by atoms with E-state index in [1.165, 1.54) is 29.6 Å². The van der Waals surface area contributed by atoms with Gasteiger partial charge in [0.05, 0.1) is 16.9 Å². The van der Waals surface area contributed by atoms with E-state index in [1.54, 1.807) is 20.8 Å². The van der Waals surface area contributed by atoms with Gasteiger partial charge in [0.1, 0.15) is 23.5 Å². The summed E-state index contributed by atoms with van der Waals surface area (Å²) in [7, 11) is -7.07. The molecule has 2 rings (SSSR count). The number of nitrogens with one attached hydrogen (secondary N) is 1. The minimum absolute atomic E-state index is 0.0175. The van der Waals surface area contributed by atoms with Crippen LogP contribution in [-0.4, -0.2) is 68.3 Å². The summed E-state index contributed by atoms with van der Waals surface area (Å²) < 4.78 is 64.7. The van der Waals surface area contributed by atoms with Gasteiger partial charge in [-0.15, -0.1) is 5.43 Å². The highest BCUT2D eigenvalue weighted by molar-refractivity contribution is 7.89. The van der Waals surface area contributed by atoms with Crippen molar-refractivity contribution in [2.75, 3.05) is 32.2 Å². The van der Waals surface area contributed by atoms with Gasteiger partial charge in [-0.3, -0.25) is 4.55 Å². The van der Waals surface area contributed by atoms with Crippen molar-refractivity contribution in [1.29, 1.82) is 0 Å². The van der Waals surface area contributed by atoms with E-state index in [4.69, 9.17) is 4.74 Å². The number of azo groups is 1. The van der Waals surface area contributed by atoms with Crippen LogP contribution in [0.3, 0.4) is 0 Å². The normalized spacial score (nSPS) is 12.6. The Labute approximate surface area is 198 Å². The zero-order valence-corrected chi connectivity index (χ0v) is 20.7. The van der Waals surface area contributed by atoms with Crippen LogP contribution in [0.4, 0.5) is 11.4 Å². The number of rotatable bonds is 11. The predicted octanol–water partition coefficient (Wildman–Crippen LogP) is 2.81. The monoisotopic (exact) mass is 515 g/mol. The van der Waals surface area contributed by atoms with Crippen LogP contribution in [0.1, 0.15) is 31.1 Å². The minimum Gasteiger partial charge on any atom is -0.494 e. The Morgan fingerprint density at radius 1 is 1.06 bits per heavy atom. The van der Waals surface area contributed by atoms with Gasteiger partial charge < -0.3 is 9.84 Å². The molecule has 2 aromatic rings. The first-order valence-corrected chi connectivity index (χ1v) is 13.1. The summed E-state index contributed by atoms with van der Waals surface area (Å²) in [6, 6.07) is 7.14. The first kappa shape index (κ1) is 27.2. The first-order chi connectivity index (χ1) is 15.9. The molecule has 2 aromatic carbocycles. The van der Waals surface area contributed by atoms with Crippen molar-refractivity contribution in [2.45, 2.75) is 30.6 Å². The van der Waals surface area contributed by atoms with E-state index >= 15 is 0 Å². The number of hydrogen-bond acceptors (Lipinski definition) is 7. The van der Waals surface area contributed by atoms with E-state index in [2.05, 4.69) is 10.5 Å². The van der Waals surface area contributed by atoms with Gasteiger partial charge in [0.25, 0.3) is 15.8 Å². The summed E-state index contributed by atoms with van der Waals surface area (Å²) in [5.41, 5.74) is 2.49. The number of carboxylic acid groups (broad SMARTS) is 1. The van der Waals surface area contributed by atoms with Crippen molar-refractivity contribution in [3.63, 3.8) is 0 Å². The molecular weight excluding hydrogens is 488 g/mol. The number of nitrogens with zero attached hydrogens (tertiary/aromatic N) is 3. The molecule has 3 N–H and O–H groups in total. The topological polar surface area (TPSA) is 166 Å². The third kappa shape index (κ3) is 5.88. The SMILES string of the molecule is CCN=[N+](Nc1cc(S(=O)(=O)N(CC)CC)ccc1OC)c1ccc(S(=O)(=O)O)cc1C(=O)O. The highest BCUT2D eigenvalue weighted by atomic mass is 32.2. The molecule has 0 heterocycles. The number of benzene rings is 2. The van der Waals surface area contributed by atoms with E-state index in [0.717, 1.165) is 23.0 Å². The molecule has 0 saturated carbocycles. The predicted molar refractivity (Wildman–Crippen MR) is 123 cm³/mol. The van der Waals surface area contributed by atoms with Crippen LogP contribution in [0.25, 0.3) is 0 Å². The highest BCUT2D eigenvalue weighted by Gasteiger charge is 2.28. The van der Waals surface area contributed by atoms with E-state index in [-0.39, 0.29) is 41.7 Å². The molecule has 186 valence electrons. The number of carboxylic acids is 1. The fourth-order valence-electron chi connectivity index (χ4n) is 3.11. The van der Waals surface area contributed by atoms with Crippen LogP contribution >= 0.6 is 0 Å². The number of aromatic carboxylic acids is 1. The van der Waals surface area contributed by atoms with Gasteiger partial charge in [-0.05, 0) is 42.4 Å². The Balaban J connectivity index is 2.66. The van der Waals surface area contributed by atoms with Crippen LogP contribution in [0.15, 0.2) is 51.3 Å². The molecule has 0 aliphatic heterocycles. The second kappa shape index (κ2) is 10.9. The van der Waals surface area contributed by atoms with Crippen molar-refractivity contribution < 1.29 is 40.8 Å². The van der Waals surface area contributed by atoms with Gasteiger partial charge in [-0.1, -0.05) is 13.8 Å². The summed E-state index contributed by atoms with van der Waals surface area (Å²) in [6.07, 6.45) is 0. The maximum atomic E-state index is 13.0. The lowest BCUT2D eigenvalue weighted by molar-refractivity contribution is -0.482. The molecular formula is C20H27N4O8S2+. The van der Waals surface area contributed by atoms with Crippen LogP contribution in [0.2, 0.25) is 0 Å². The minimum atomic E-state index is -4.64. The quantitative estimate of drug-likeness (QED) is 0.176. The van der Waals surface area contributed by atoms with Gasteiger partial charge in [0.2, 0.25) is 10.0 Å². The van der Waals surface area contributed by atoms with Crippen molar-refractivity contribution in [3.05, 3.63) is 42.0 Å². The number of carbonyl (C=O) groups is 1. The number of methoxy groups -OCH3 is 1. The van der Waals surface area contributed by atoms with Gasteiger partial charge in [-0.2, -0.15) is 12.7 Å². The number of ether oxygens (including phenoxy) is 1. The maximum absolute atomic E-state index is 13.0. The van der Waals surface area contributed by atoms with E-state index in [1.807, 2.05) is 0 Å². The maximum Gasteiger partial charge on any atom is 0.342 e. The molecule has 0 amide bonds. The molecule has 0 aliphatic rings. The second-order valence-corrected chi connectivity index (χ2v) is 10.2. The zero-order chi connectivity index (χ0) is 25.7. The molecule has 0 spiro atoms. The van der Waals surface area contributed by atoms with Crippen molar-refractivity contribution in [3.8, 4) is 5.75 Å². The molecule has 0 bridgehead atoms. The van der Waals surface area contributed by atoms with Gasteiger partial charge in [-0.25, -0.2) is 13.2 Å². The molecule has 0 aromatic heterocycles. The molecule has 0 aliphatic carbocycles. The number of hydrazine groups is 1. The Morgan fingerprint density at radius 3 is 2.18 bits per heavy atom. The smallest absolute Gasteiger partial charge is 0.342 e. The summed E-state index contributed by atoms with van der Waals surface area (Å²) in [6.45, 7) is 5.84. The lowest BCUT2D eigenvalue weighted by Crippen LogP contribution is -2.30. The van der Waals surface area contributed by atoms with Crippen LogP contribution in [0.5, 0.6) is 5.75 Å². The number of hydrogen-bond donors (Lipinski definition) is 3. The summed E-state index contributed by atoms with van der Waals surface area (Å²) in [5, 5.41) is 13.8. The molecule has 34 heavy (non-hydrogen) atoms. The second-order valence-electron chi connectivity index (χ2n) is 6.79. The van der Waals surface area contributed by atoms with Crippen molar-refractivity contribution in [2.24, 2.45) is 5.11 Å². The van der Waals surface area contributed by atoms with Gasteiger partial charge >= 0.3 is 5.97 Å². The lowest BCUT2D eigenvalue weighted by atomic mass is 10.2. The van der Waals surface area contributed by atoms with E-state index in [0.29, 0.717) is 0 Å². The largest absolute Gasteiger partial charge is 0.494 e. The van der Waals surface area contributed by atoms with Crippen molar-refractivity contribution >= 4 is 37.5 Å². The van der Waals surface area contributed by atoms with E-state index < -0.39 is 36.6 Å². The molecule has 14 heteroatoms. The Hall–Kier alpha value is -3.07. The lowest BCUT2D eigenvalue weighted by Gasteiger charge is -2.19. The van der Waals surface area contributed by atoms with E-state index in [9.17, 15) is 31.3 Å². The molecule has 0 saturated heterocycles. The third-order valence-electron chi connectivity index (χ3n) is 4.75. The van der Waals surface area contributed by atoms with Crippen LogP contribution < -0.4 is 10.2 Å². The molecule has 0 atom stereocenters. The Morgan fingerprint density at radius 2 is 1.68 bits per heavy atom. The Kier molecular flexibility index (Phi) is 8.72. The average Bonchev–Trinajstić information content (AvgIpc) is 2.78. The molecule has 0 unspecified atom stereocenters. The fraction of sp³-hybridized carbons (Fsp3) is 0.350.